The van der Waals surface area contributed by atoms with E-state index in [1.54, 1.807) is 25.4 Å². The quantitative estimate of drug-likeness (QED) is 0.724. The molecule has 0 fully saturated rings. The molecule has 0 radical (unpaired) electrons. The van der Waals surface area contributed by atoms with Crippen molar-refractivity contribution in [3.63, 3.8) is 0 Å². The lowest BCUT2D eigenvalue weighted by Gasteiger charge is -2.16. The molecule has 0 saturated carbocycles. The van der Waals surface area contributed by atoms with E-state index in [4.69, 9.17) is 15.2 Å². The maximum Gasteiger partial charge on any atom is 0.178 e. The zero-order valence-corrected chi connectivity index (χ0v) is 13.3. The van der Waals surface area contributed by atoms with Crippen LogP contribution in [0.3, 0.4) is 0 Å². The summed E-state index contributed by atoms with van der Waals surface area (Å²) >= 11 is 0. The maximum absolute atomic E-state index is 13.1. The van der Waals surface area contributed by atoms with Crippen molar-refractivity contribution in [2.45, 2.75) is 0 Å². The summed E-state index contributed by atoms with van der Waals surface area (Å²) in [6, 6.07) is 11.4. The van der Waals surface area contributed by atoms with Gasteiger partial charge in [-0.15, -0.1) is 0 Å². The van der Waals surface area contributed by atoms with Crippen molar-refractivity contribution in [3.05, 3.63) is 54.5 Å². The number of halogens is 1. The van der Waals surface area contributed by atoms with Crippen molar-refractivity contribution < 1.29 is 13.9 Å². The fourth-order valence-corrected chi connectivity index (χ4v) is 2.42. The topological polar surface area (TPSA) is 69.4 Å². The Bertz CT molecular complexity index is 838. The molecule has 0 aliphatic carbocycles. The van der Waals surface area contributed by atoms with Crippen LogP contribution >= 0.6 is 0 Å². The molecule has 3 N–H and O–H groups in total. The van der Waals surface area contributed by atoms with Gasteiger partial charge in [-0.1, -0.05) is 0 Å². The van der Waals surface area contributed by atoms with Crippen LogP contribution < -0.4 is 20.5 Å². The first-order valence-corrected chi connectivity index (χ1v) is 7.56. The van der Waals surface area contributed by atoms with Gasteiger partial charge in [0.05, 0.1) is 18.3 Å². The number of fused-ring (bicyclic) bond motifs is 1. The number of pyridine rings is 1. The van der Waals surface area contributed by atoms with Crippen LogP contribution in [0, 0.1) is 5.82 Å². The number of rotatable bonds is 6. The molecule has 0 aliphatic rings. The molecule has 0 spiro atoms. The van der Waals surface area contributed by atoms with E-state index < -0.39 is 0 Å². The molecule has 0 saturated heterocycles. The SMILES string of the molecule is COc1cc(NCCN)c2ncccc2c1Oc1ccc(F)cc1. The van der Waals surface area contributed by atoms with Gasteiger partial charge in [0.25, 0.3) is 0 Å². The lowest BCUT2D eigenvalue weighted by Crippen LogP contribution is -2.13. The fourth-order valence-electron chi connectivity index (χ4n) is 2.42. The van der Waals surface area contributed by atoms with E-state index in [9.17, 15) is 4.39 Å². The van der Waals surface area contributed by atoms with Crippen LogP contribution in [0.25, 0.3) is 10.9 Å². The highest BCUT2D eigenvalue weighted by Gasteiger charge is 2.15. The molecule has 3 aromatic rings. The first kappa shape index (κ1) is 16.0. The van der Waals surface area contributed by atoms with Gasteiger partial charge in [0.15, 0.2) is 11.5 Å². The zero-order valence-electron chi connectivity index (χ0n) is 13.3. The van der Waals surface area contributed by atoms with E-state index in [2.05, 4.69) is 10.3 Å². The van der Waals surface area contributed by atoms with Crippen molar-refractivity contribution in [2.24, 2.45) is 5.73 Å². The minimum Gasteiger partial charge on any atom is -0.493 e. The van der Waals surface area contributed by atoms with Crippen LogP contribution in [-0.4, -0.2) is 25.2 Å². The molecular formula is C18H18FN3O2. The van der Waals surface area contributed by atoms with Crippen LogP contribution in [0.5, 0.6) is 17.2 Å². The van der Waals surface area contributed by atoms with E-state index in [0.29, 0.717) is 30.3 Å². The van der Waals surface area contributed by atoms with E-state index in [1.807, 2.05) is 18.2 Å². The summed E-state index contributed by atoms with van der Waals surface area (Å²) in [6.45, 7) is 1.12. The minimum absolute atomic E-state index is 0.317. The Morgan fingerprint density at radius 3 is 2.71 bits per heavy atom. The third kappa shape index (κ3) is 3.23. The van der Waals surface area contributed by atoms with Gasteiger partial charge in [0.1, 0.15) is 11.6 Å². The van der Waals surface area contributed by atoms with Crippen molar-refractivity contribution in [2.75, 3.05) is 25.5 Å². The Labute approximate surface area is 139 Å². The second kappa shape index (κ2) is 7.14. The van der Waals surface area contributed by atoms with Gasteiger partial charge in [-0.25, -0.2) is 4.39 Å². The lowest BCUT2D eigenvalue weighted by atomic mass is 10.1. The number of anilines is 1. The smallest absolute Gasteiger partial charge is 0.178 e. The van der Waals surface area contributed by atoms with Gasteiger partial charge >= 0.3 is 0 Å². The molecule has 0 bridgehead atoms. The normalized spacial score (nSPS) is 10.6. The van der Waals surface area contributed by atoms with Gasteiger partial charge in [-0.05, 0) is 36.4 Å². The summed E-state index contributed by atoms with van der Waals surface area (Å²) in [7, 11) is 1.57. The lowest BCUT2D eigenvalue weighted by molar-refractivity contribution is 0.381. The Kier molecular flexibility index (Phi) is 4.77. The molecule has 6 heteroatoms. The number of nitrogens with two attached hydrogens (primary N) is 1. The van der Waals surface area contributed by atoms with E-state index in [-0.39, 0.29) is 5.82 Å². The van der Waals surface area contributed by atoms with Crippen LogP contribution in [-0.2, 0) is 0 Å². The number of hydrogen-bond donors (Lipinski definition) is 2. The van der Waals surface area contributed by atoms with Crippen LogP contribution in [0.15, 0.2) is 48.7 Å². The molecular weight excluding hydrogens is 309 g/mol. The van der Waals surface area contributed by atoms with Gasteiger partial charge in [-0.3, -0.25) is 4.98 Å². The Hall–Kier alpha value is -2.86. The molecule has 0 atom stereocenters. The molecule has 124 valence electrons. The predicted molar refractivity (Wildman–Crippen MR) is 92.3 cm³/mol. The summed E-state index contributed by atoms with van der Waals surface area (Å²) in [5.74, 6) is 1.29. The van der Waals surface area contributed by atoms with Crippen LogP contribution in [0.4, 0.5) is 10.1 Å². The number of methoxy groups -OCH3 is 1. The van der Waals surface area contributed by atoms with Crippen LogP contribution in [0.1, 0.15) is 0 Å². The van der Waals surface area contributed by atoms with E-state index in [1.165, 1.54) is 12.1 Å². The first-order chi connectivity index (χ1) is 11.7. The molecule has 5 nitrogen and oxygen atoms in total. The summed E-state index contributed by atoms with van der Waals surface area (Å²) in [5.41, 5.74) is 7.14. The molecule has 0 aliphatic heterocycles. The largest absolute Gasteiger partial charge is 0.493 e. The number of aromatic nitrogens is 1. The highest BCUT2D eigenvalue weighted by molar-refractivity contribution is 5.97. The standard InChI is InChI=1S/C18H18FN3O2/c1-23-16-11-15(21-10-8-20)17-14(3-2-9-22-17)18(16)24-13-6-4-12(19)5-7-13/h2-7,9,11,21H,8,10,20H2,1H3. The second-order valence-electron chi connectivity index (χ2n) is 5.13. The molecule has 0 unspecified atom stereocenters. The zero-order chi connectivity index (χ0) is 16.9. The molecule has 3 rings (SSSR count). The maximum atomic E-state index is 13.1. The summed E-state index contributed by atoms with van der Waals surface area (Å²) < 4.78 is 24.5. The molecule has 24 heavy (non-hydrogen) atoms. The van der Waals surface area contributed by atoms with Gasteiger partial charge < -0.3 is 20.5 Å². The summed E-state index contributed by atoms with van der Waals surface area (Å²) in [6.07, 6.45) is 1.71. The van der Waals surface area contributed by atoms with Crippen molar-refractivity contribution in [1.29, 1.82) is 0 Å². The average molecular weight is 327 g/mol. The number of nitrogens with zero attached hydrogens (tertiary/aromatic N) is 1. The summed E-state index contributed by atoms with van der Waals surface area (Å²) in [4.78, 5) is 4.43. The third-order valence-electron chi connectivity index (χ3n) is 3.52. The Balaban J connectivity index is 2.10. The van der Waals surface area contributed by atoms with Crippen LogP contribution in [0.2, 0.25) is 0 Å². The summed E-state index contributed by atoms with van der Waals surface area (Å²) in [5, 5.41) is 4.03. The first-order valence-electron chi connectivity index (χ1n) is 7.56. The third-order valence-corrected chi connectivity index (χ3v) is 3.52. The number of hydrogen-bond acceptors (Lipinski definition) is 5. The highest BCUT2D eigenvalue weighted by Crippen LogP contribution is 2.41. The minimum atomic E-state index is -0.317. The fraction of sp³-hybridized carbons (Fsp3) is 0.167. The number of nitrogens with one attached hydrogen (secondary N) is 1. The van der Waals surface area contributed by atoms with Gasteiger partial charge in [-0.2, -0.15) is 0 Å². The van der Waals surface area contributed by atoms with E-state index in [0.717, 1.165) is 16.6 Å². The molecule has 1 heterocycles. The molecule has 2 aromatic carbocycles. The Morgan fingerprint density at radius 2 is 2.00 bits per heavy atom. The van der Waals surface area contributed by atoms with Gasteiger partial charge in [0.2, 0.25) is 0 Å². The molecule has 0 amide bonds. The predicted octanol–water partition coefficient (Wildman–Crippen LogP) is 3.55. The monoisotopic (exact) mass is 327 g/mol. The molecule has 1 aromatic heterocycles. The van der Waals surface area contributed by atoms with E-state index >= 15 is 0 Å². The van der Waals surface area contributed by atoms with Gasteiger partial charge in [0, 0.05) is 30.7 Å². The van der Waals surface area contributed by atoms with Crippen molar-refractivity contribution in [1.82, 2.24) is 4.98 Å². The highest BCUT2D eigenvalue weighted by atomic mass is 19.1. The number of ether oxygens (including phenoxy) is 2. The second-order valence-corrected chi connectivity index (χ2v) is 5.13. The van der Waals surface area contributed by atoms with Crippen molar-refractivity contribution >= 4 is 16.6 Å². The number of benzene rings is 2. The average Bonchev–Trinajstić information content (AvgIpc) is 2.62. The van der Waals surface area contributed by atoms with Crippen molar-refractivity contribution in [3.8, 4) is 17.2 Å². The Morgan fingerprint density at radius 1 is 1.21 bits per heavy atom.